The molecule has 0 spiro atoms. The zero-order chi connectivity index (χ0) is 38.5. The maximum Gasteiger partial charge on any atom is 0.302 e. The van der Waals surface area contributed by atoms with Gasteiger partial charge in [0, 0.05) is 60.1 Å². The van der Waals surface area contributed by atoms with Crippen LogP contribution in [0.25, 0.3) is 11.1 Å². The Morgan fingerprint density at radius 2 is 0.923 bits per heavy atom. The van der Waals surface area contributed by atoms with Gasteiger partial charge in [0.2, 0.25) is 11.6 Å². The van der Waals surface area contributed by atoms with Gasteiger partial charge in [-0.05, 0) is 52.0 Å². The molecule has 0 radical (unpaired) electrons. The van der Waals surface area contributed by atoms with E-state index in [-0.39, 0.29) is 33.4 Å². The number of phenolic OH excluding ortho intramolecular Hbond substituents is 2. The highest BCUT2D eigenvalue weighted by Gasteiger charge is 2.55. The van der Waals surface area contributed by atoms with Gasteiger partial charge in [0.1, 0.15) is 23.7 Å². The molecule has 4 aliphatic carbocycles. The van der Waals surface area contributed by atoms with Crippen molar-refractivity contribution < 1.29 is 68.3 Å². The number of rotatable bonds is 5. The Morgan fingerprint density at radius 1 is 0.615 bits per heavy atom. The largest absolute Gasteiger partial charge is 0.506 e. The van der Waals surface area contributed by atoms with Crippen molar-refractivity contribution >= 4 is 46.6 Å². The summed E-state index contributed by atoms with van der Waals surface area (Å²) in [5.41, 5.74) is -8.14. The number of ether oxygens (including phenoxy) is 2. The monoisotopic (exact) mass is 714 g/mol. The lowest BCUT2D eigenvalue weighted by molar-refractivity contribution is -0.154. The van der Waals surface area contributed by atoms with E-state index < -0.39 is 128 Å². The highest BCUT2D eigenvalue weighted by Crippen LogP contribution is 2.51. The number of aromatic hydroxyl groups is 2. The zero-order valence-electron chi connectivity index (χ0n) is 28.9. The molecule has 14 nitrogen and oxygen atoms in total. The normalized spacial score (nSPS) is 26.7. The molecule has 6 rings (SSSR count). The minimum atomic E-state index is -1.89. The number of hydrogen-bond donors (Lipinski definition) is 4. The van der Waals surface area contributed by atoms with Crippen LogP contribution in [-0.4, -0.2) is 90.5 Å². The molecule has 270 valence electrons. The molecule has 0 aromatic heterocycles. The molecule has 4 N–H and O–H groups in total. The molecule has 0 aliphatic heterocycles. The number of benzene rings is 2. The second-order valence-corrected chi connectivity index (χ2v) is 14.2. The van der Waals surface area contributed by atoms with Crippen LogP contribution < -0.4 is 0 Å². The van der Waals surface area contributed by atoms with E-state index in [2.05, 4.69) is 0 Å². The highest BCUT2D eigenvalue weighted by molar-refractivity contribution is 6.40. The van der Waals surface area contributed by atoms with E-state index in [4.69, 9.17) is 9.47 Å². The van der Waals surface area contributed by atoms with Gasteiger partial charge in [0.15, 0.2) is 23.1 Å². The minimum absolute atomic E-state index is 0.274. The van der Waals surface area contributed by atoms with Crippen molar-refractivity contribution in [3.63, 3.8) is 0 Å². The lowest BCUT2D eigenvalue weighted by Gasteiger charge is -2.42. The fraction of sp³-hybridized carbons (Fsp3) is 0.368. The number of carbonyl (C=O) groups excluding carboxylic acids is 8. The Morgan fingerprint density at radius 3 is 1.23 bits per heavy atom. The van der Waals surface area contributed by atoms with Crippen LogP contribution in [0, 0.1) is 11.8 Å². The molecule has 14 heteroatoms. The zero-order valence-corrected chi connectivity index (χ0v) is 28.9. The van der Waals surface area contributed by atoms with Gasteiger partial charge in [-0.2, -0.15) is 0 Å². The quantitative estimate of drug-likeness (QED) is 0.258. The third-order valence-corrected chi connectivity index (χ3v) is 10.3. The average Bonchev–Trinajstić information content (AvgIpc) is 3.00. The molecule has 52 heavy (non-hydrogen) atoms. The number of esters is 2. The first-order chi connectivity index (χ1) is 24.1. The van der Waals surface area contributed by atoms with Gasteiger partial charge in [-0.25, -0.2) is 0 Å². The Hall–Kier alpha value is -5.60. The summed E-state index contributed by atoms with van der Waals surface area (Å²) < 4.78 is 10.5. The lowest BCUT2D eigenvalue weighted by Crippen LogP contribution is -2.52. The molecule has 6 atom stereocenters. The van der Waals surface area contributed by atoms with E-state index >= 15 is 0 Å². The van der Waals surface area contributed by atoms with E-state index in [0.717, 1.165) is 26.0 Å². The second-order valence-electron chi connectivity index (χ2n) is 14.2. The highest BCUT2D eigenvalue weighted by atomic mass is 16.5. The van der Waals surface area contributed by atoms with Gasteiger partial charge in [-0.15, -0.1) is 0 Å². The fourth-order valence-corrected chi connectivity index (χ4v) is 8.42. The topological polar surface area (TPSA) is 236 Å². The van der Waals surface area contributed by atoms with Crippen LogP contribution in [0.3, 0.4) is 0 Å². The summed E-state index contributed by atoms with van der Waals surface area (Å²) in [4.78, 5) is 106. The van der Waals surface area contributed by atoms with E-state index in [9.17, 15) is 58.8 Å². The first-order valence-electron chi connectivity index (χ1n) is 16.4. The molecule has 2 aromatic rings. The third kappa shape index (κ3) is 5.23. The van der Waals surface area contributed by atoms with Gasteiger partial charge in [-0.1, -0.05) is 0 Å². The number of ketones is 6. The van der Waals surface area contributed by atoms with E-state index in [1.807, 2.05) is 0 Å². The van der Waals surface area contributed by atoms with Crippen molar-refractivity contribution in [2.24, 2.45) is 11.8 Å². The smallest absolute Gasteiger partial charge is 0.302 e. The molecular formula is C38H34O14. The maximum absolute atomic E-state index is 14.0. The Bertz CT molecular complexity index is 2020. The predicted molar refractivity (Wildman–Crippen MR) is 177 cm³/mol. The van der Waals surface area contributed by atoms with Crippen molar-refractivity contribution in [2.75, 3.05) is 0 Å². The van der Waals surface area contributed by atoms with Gasteiger partial charge in [0.25, 0.3) is 0 Å². The summed E-state index contributed by atoms with van der Waals surface area (Å²) in [6, 6.07) is 4.63. The molecule has 2 aromatic carbocycles. The molecule has 0 amide bonds. The van der Waals surface area contributed by atoms with Crippen LogP contribution in [0.1, 0.15) is 95.8 Å². The second kappa shape index (κ2) is 12.0. The van der Waals surface area contributed by atoms with Crippen LogP contribution in [0.2, 0.25) is 0 Å². The average molecular weight is 715 g/mol. The van der Waals surface area contributed by atoms with Gasteiger partial charge < -0.3 is 29.9 Å². The summed E-state index contributed by atoms with van der Waals surface area (Å²) in [6.07, 6.45) is -3.49. The number of carbonyl (C=O) groups is 8. The Labute approximate surface area is 295 Å². The number of phenols is 2. The number of fused-ring (bicyclic) bond motifs is 2. The van der Waals surface area contributed by atoms with Crippen LogP contribution in [-0.2, 0) is 28.7 Å². The van der Waals surface area contributed by atoms with Crippen LogP contribution >= 0.6 is 0 Å². The summed E-state index contributed by atoms with van der Waals surface area (Å²) in [5, 5.41) is 45.4. The van der Waals surface area contributed by atoms with Crippen molar-refractivity contribution in [2.45, 2.75) is 77.8 Å². The number of allylic oxidation sites excluding steroid dienone is 2. The fourth-order valence-electron chi connectivity index (χ4n) is 8.42. The van der Waals surface area contributed by atoms with Gasteiger partial charge >= 0.3 is 11.9 Å². The van der Waals surface area contributed by atoms with Crippen LogP contribution in [0.4, 0.5) is 0 Å². The van der Waals surface area contributed by atoms with Crippen molar-refractivity contribution in [3.8, 4) is 22.6 Å². The molecular weight excluding hydrogens is 680 g/mol. The van der Waals surface area contributed by atoms with Crippen LogP contribution in [0.15, 0.2) is 46.6 Å². The summed E-state index contributed by atoms with van der Waals surface area (Å²) in [6.45, 7) is 7.61. The summed E-state index contributed by atoms with van der Waals surface area (Å²) >= 11 is 0. The molecule has 0 unspecified atom stereocenters. The minimum Gasteiger partial charge on any atom is -0.506 e. The van der Waals surface area contributed by atoms with Crippen molar-refractivity contribution in [1.29, 1.82) is 0 Å². The molecule has 0 fully saturated rings. The Balaban J connectivity index is 1.48. The summed E-state index contributed by atoms with van der Waals surface area (Å²) in [7, 11) is 0. The van der Waals surface area contributed by atoms with Crippen molar-refractivity contribution in [3.05, 3.63) is 68.8 Å². The van der Waals surface area contributed by atoms with E-state index in [1.165, 1.54) is 39.8 Å². The third-order valence-electron chi connectivity index (χ3n) is 10.3. The van der Waals surface area contributed by atoms with Gasteiger partial charge in [-0.3, -0.25) is 38.4 Å². The Kier molecular flexibility index (Phi) is 8.35. The van der Waals surface area contributed by atoms with E-state index in [0.29, 0.717) is 0 Å². The predicted octanol–water partition coefficient (Wildman–Crippen LogP) is 2.70. The first kappa shape index (κ1) is 36.2. The molecule has 0 bridgehead atoms. The SMILES string of the molecule is CC(=O)O[C@@H](C)[C@@H]1C2=C(C(=O)C[C@@]1(C)O)C(=O)c1c(ccc(-c3ccc4c(c3O)C(=O)C3=C(C4=O)[C@H]([C@@H](C)OC(C)=O)[C@@](C)(O)CC3=O)c1O)C2=O. The van der Waals surface area contributed by atoms with Crippen molar-refractivity contribution in [1.82, 2.24) is 0 Å². The molecule has 0 saturated heterocycles. The lowest BCUT2D eigenvalue weighted by atomic mass is 9.64. The van der Waals surface area contributed by atoms with E-state index in [1.54, 1.807) is 0 Å². The molecule has 4 aliphatic rings. The van der Waals surface area contributed by atoms with Gasteiger partial charge in [0.05, 0.1) is 45.3 Å². The number of aliphatic hydroxyl groups is 2. The summed E-state index contributed by atoms with van der Waals surface area (Å²) in [5.74, 6) is -11.4. The first-order valence-corrected chi connectivity index (χ1v) is 16.4. The number of Topliss-reactive ketones (excluding diaryl/α,β-unsaturated/α-hetero) is 6. The maximum atomic E-state index is 14.0. The number of hydrogen-bond acceptors (Lipinski definition) is 14. The molecule has 0 heterocycles. The molecule has 0 saturated carbocycles. The standard InChI is InChI=1S/C38H34O14/c1-13(51-15(3)39)29-27-25(21(41)11-37(29,5)49)35(47)23-19(33(27)45)9-7-17(31(23)43)18-8-10-20-24(32(18)44)36(48)26-22(42)12-38(6,50)30(28(26)34(20)46)14(2)52-16(4)40/h7-10,13-14,29-30,43-44,49-50H,11-12H2,1-6H3/t13-,14+,29+,30-,37+,38-. The van der Waals surface area contributed by atoms with Crippen LogP contribution in [0.5, 0.6) is 11.5 Å².